The number of carbonyl (C=O) groups excluding carboxylic acids is 1. The molecule has 2 aromatic rings. The summed E-state index contributed by atoms with van der Waals surface area (Å²) in [6.07, 6.45) is 0.779. The summed E-state index contributed by atoms with van der Waals surface area (Å²) < 4.78 is 39.3. The van der Waals surface area contributed by atoms with Gasteiger partial charge in [-0.15, -0.1) is 0 Å². The number of anilines is 2. The molecule has 0 unspecified atom stereocenters. The first-order valence-corrected chi connectivity index (χ1v) is 10.5. The Morgan fingerprint density at radius 1 is 1.18 bits per heavy atom. The molecule has 0 radical (unpaired) electrons. The van der Waals surface area contributed by atoms with Crippen LogP contribution in [0, 0.1) is 13.8 Å². The first kappa shape index (κ1) is 20.0. The number of carbonyl (C=O) groups is 1. The van der Waals surface area contributed by atoms with Gasteiger partial charge in [0.1, 0.15) is 16.4 Å². The third-order valence-electron chi connectivity index (χ3n) is 4.67. The third kappa shape index (κ3) is 3.77. The van der Waals surface area contributed by atoms with Gasteiger partial charge in [-0.1, -0.05) is 6.92 Å². The number of fused-ring (bicyclic) bond motifs is 1. The number of rotatable bonds is 6. The van der Waals surface area contributed by atoms with Crippen molar-refractivity contribution in [3.8, 4) is 11.5 Å². The van der Waals surface area contributed by atoms with Crippen molar-refractivity contribution in [3.05, 3.63) is 41.5 Å². The Labute approximate surface area is 165 Å². The van der Waals surface area contributed by atoms with E-state index in [1.807, 2.05) is 20.8 Å². The number of aryl methyl sites for hydroxylation is 2. The summed E-state index contributed by atoms with van der Waals surface area (Å²) in [4.78, 5) is 13.8. The van der Waals surface area contributed by atoms with Crippen LogP contribution in [0.4, 0.5) is 11.4 Å². The van der Waals surface area contributed by atoms with Crippen molar-refractivity contribution in [2.75, 3.05) is 29.9 Å². The van der Waals surface area contributed by atoms with Crippen molar-refractivity contribution in [1.82, 2.24) is 0 Å². The van der Waals surface area contributed by atoms with Crippen molar-refractivity contribution in [2.24, 2.45) is 0 Å². The summed E-state index contributed by atoms with van der Waals surface area (Å²) >= 11 is 0. The van der Waals surface area contributed by atoms with Crippen molar-refractivity contribution < 1.29 is 22.7 Å². The van der Waals surface area contributed by atoms with Gasteiger partial charge in [-0.2, -0.15) is 0 Å². The number of methoxy groups -OCH3 is 1. The van der Waals surface area contributed by atoms with Gasteiger partial charge in [0.05, 0.1) is 18.5 Å². The lowest BCUT2D eigenvalue weighted by atomic mass is 10.1. The molecule has 0 atom stereocenters. The van der Waals surface area contributed by atoms with Crippen LogP contribution in [0.2, 0.25) is 0 Å². The molecule has 0 bridgehead atoms. The summed E-state index contributed by atoms with van der Waals surface area (Å²) in [6.45, 7) is 6.23. The Morgan fingerprint density at radius 3 is 2.57 bits per heavy atom. The first-order valence-electron chi connectivity index (χ1n) is 9.02. The topological polar surface area (TPSA) is 84.9 Å². The zero-order valence-corrected chi connectivity index (χ0v) is 17.2. The Kier molecular flexibility index (Phi) is 5.51. The summed E-state index contributed by atoms with van der Waals surface area (Å²) in [5, 5.41) is 0. The van der Waals surface area contributed by atoms with Gasteiger partial charge in [0.25, 0.3) is 15.9 Å². The molecule has 3 rings (SSSR count). The highest BCUT2D eigenvalue weighted by Crippen LogP contribution is 2.36. The minimum absolute atomic E-state index is 0.0160. The fourth-order valence-corrected chi connectivity index (χ4v) is 4.36. The standard InChI is InChI=1S/C20H24N2O5S/c1-5-8-22-16-11-15(6-7-17(16)27-12-20(22)23)21-28(24,25)19-10-14(3)13(2)9-18(19)26-4/h6-7,9-11,21H,5,8,12H2,1-4H3. The Balaban J connectivity index is 1.98. The van der Waals surface area contributed by atoms with E-state index in [1.165, 1.54) is 7.11 Å². The SMILES string of the molecule is CCCN1C(=O)COc2ccc(NS(=O)(=O)c3cc(C)c(C)cc3OC)cc21. The van der Waals surface area contributed by atoms with E-state index in [0.29, 0.717) is 23.7 Å². The molecule has 1 N–H and O–H groups in total. The van der Waals surface area contributed by atoms with Gasteiger partial charge in [-0.3, -0.25) is 9.52 Å². The maximum atomic E-state index is 13.0. The van der Waals surface area contributed by atoms with E-state index in [1.54, 1.807) is 35.2 Å². The van der Waals surface area contributed by atoms with Gasteiger partial charge in [-0.05, 0) is 61.7 Å². The van der Waals surface area contributed by atoms with Crippen molar-refractivity contribution in [3.63, 3.8) is 0 Å². The molecule has 0 saturated carbocycles. The molecule has 8 heteroatoms. The molecule has 0 saturated heterocycles. The second kappa shape index (κ2) is 7.71. The van der Waals surface area contributed by atoms with Crippen LogP contribution in [0.5, 0.6) is 11.5 Å². The molecule has 7 nitrogen and oxygen atoms in total. The van der Waals surface area contributed by atoms with Crippen LogP contribution >= 0.6 is 0 Å². The van der Waals surface area contributed by atoms with E-state index < -0.39 is 10.0 Å². The second-order valence-corrected chi connectivity index (χ2v) is 8.36. The molecule has 0 spiro atoms. The number of hydrogen-bond acceptors (Lipinski definition) is 5. The number of benzene rings is 2. The van der Waals surface area contributed by atoms with Crippen molar-refractivity contribution in [2.45, 2.75) is 32.1 Å². The monoisotopic (exact) mass is 404 g/mol. The lowest BCUT2D eigenvalue weighted by molar-refractivity contribution is -0.121. The molecule has 1 aliphatic heterocycles. The lowest BCUT2D eigenvalue weighted by Crippen LogP contribution is -2.39. The molecule has 1 aliphatic rings. The van der Waals surface area contributed by atoms with Crippen molar-refractivity contribution in [1.29, 1.82) is 0 Å². The fourth-order valence-electron chi connectivity index (χ4n) is 3.08. The second-order valence-electron chi connectivity index (χ2n) is 6.71. The molecule has 1 heterocycles. The van der Waals surface area contributed by atoms with E-state index in [0.717, 1.165) is 17.5 Å². The maximum Gasteiger partial charge on any atom is 0.265 e. The highest BCUT2D eigenvalue weighted by atomic mass is 32.2. The quantitative estimate of drug-likeness (QED) is 0.799. The van der Waals surface area contributed by atoms with E-state index in [4.69, 9.17) is 9.47 Å². The Morgan fingerprint density at radius 2 is 1.89 bits per heavy atom. The molecular formula is C20H24N2O5S. The van der Waals surface area contributed by atoms with E-state index in [9.17, 15) is 13.2 Å². The van der Waals surface area contributed by atoms with E-state index >= 15 is 0 Å². The minimum Gasteiger partial charge on any atom is -0.495 e. The van der Waals surface area contributed by atoms with Crippen LogP contribution in [-0.2, 0) is 14.8 Å². The largest absolute Gasteiger partial charge is 0.495 e. The van der Waals surface area contributed by atoms with Crippen LogP contribution in [-0.4, -0.2) is 34.6 Å². The van der Waals surface area contributed by atoms with E-state index in [2.05, 4.69) is 4.72 Å². The smallest absolute Gasteiger partial charge is 0.265 e. The van der Waals surface area contributed by atoms with Crippen LogP contribution < -0.4 is 19.1 Å². The maximum absolute atomic E-state index is 13.0. The highest BCUT2D eigenvalue weighted by Gasteiger charge is 2.26. The molecule has 150 valence electrons. The number of nitrogens with zero attached hydrogens (tertiary/aromatic N) is 1. The summed E-state index contributed by atoms with van der Waals surface area (Å²) in [7, 11) is -2.45. The predicted molar refractivity (Wildman–Crippen MR) is 108 cm³/mol. The average molecular weight is 404 g/mol. The molecule has 0 fully saturated rings. The first-order chi connectivity index (χ1) is 13.3. The van der Waals surface area contributed by atoms with E-state index in [-0.39, 0.29) is 23.2 Å². The zero-order valence-electron chi connectivity index (χ0n) is 16.4. The van der Waals surface area contributed by atoms with Crippen LogP contribution in [0.1, 0.15) is 24.5 Å². The van der Waals surface area contributed by atoms with Gasteiger partial charge >= 0.3 is 0 Å². The number of sulfonamides is 1. The van der Waals surface area contributed by atoms with Gasteiger partial charge in [0.2, 0.25) is 0 Å². The number of nitrogens with one attached hydrogen (secondary N) is 1. The molecule has 0 aromatic heterocycles. The summed E-state index contributed by atoms with van der Waals surface area (Å²) in [5.74, 6) is 0.685. The van der Waals surface area contributed by atoms with Crippen LogP contribution in [0.3, 0.4) is 0 Å². The predicted octanol–water partition coefficient (Wildman–Crippen LogP) is 3.25. The third-order valence-corrected chi connectivity index (χ3v) is 6.07. The molecule has 0 aliphatic carbocycles. The average Bonchev–Trinajstić information content (AvgIpc) is 2.65. The summed E-state index contributed by atoms with van der Waals surface area (Å²) in [5.41, 5.74) is 2.69. The molecule has 28 heavy (non-hydrogen) atoms. The minimum atomic E-state index is -3.88. The van der Waals surface area contributed by atoms with Gasteiger partial charge in [-0.25, -0.2) is 8.42 Å². The molecular weight excluding hydrogens is 380 g/mol. The molecule has 1 amide bonds. The summed E-state index contributed by atoms with van der Waals surface area (Å²) in [6, 6.07) is 8.19. The zero-order chi connectivity index (χ0) is 20.5. The fraction of sp³-hybridized carbons (Fsp3) is 0.350. The number of hydrogen-bond donors (Lipinski definition) is 1. The number of ether oxygens (including phenoxy) is 2. The Hall–Kier alpha value is -2.74. The van der Waals surface area contributed by atoms with Gasteiger partial charge in [0.15, 0.2) is 6.61 Å². The van der Waals surface area contributed by atoms with Crippen LogP contribution in [0.25, 0.3) is 0 Å². The lowest BCUT2D eigenvalue weighted by Gasteiger charge is -2.29. The Bertz CT molecular complexity index is 1020. The van der Waals surface area contributed by atoms with Gasteiger partial charge < -0.3 is 14.4 Å². The number of amides is 1. The normalized spacial score (nSPS) is 13.7. The van der Waals surface area contributed by atoms with Crippen molar-refractivity contribution >= 4 is 27.3 Å². The molecule has 2 aromatic carbocycles. The van der Waals surface area contributed by atoms with Crippen LogP contribution in [0.15, 0.2) is 35.2 Å². The highest BCUT2D eigenvalue weighted by molar-refractivity contribution is 7.92. The van der Waals surface area contributed by atoms with Gasteiger partial charge in [0, 0.05) is 6.54 Å².